The van der Waals surface area contributed by atoms with E-state index in [2.05, 4.69) is 30.3 Å². The molecule has 3 aromatic rings. The molecule has 1 aliphatic heterocycles. The van der Waals surface area contributed by atoms with Gasteiger partial charge in [0, 0.05) is 19.4 Å². The second kappa shape index (κ2) is 7.26. The summed E-state index contributed by atoms with van der Waals surface area (Å²) in [5.41, 5.74) is 1.02. The molecule has 1 aromatic carbocycles. The molecule has 0 spiro atoms. The Morgan fingerprint density at radius 1 is 1.04 bits per heavy atom. The predicted molar refractivity (Wildman–Crippen MR) is 94.0 cm³/mol. The van der Waals surface area contributed by atoms with Crippen LogP contribution < -0.4 is 5.32 Å². The minimum atomic E-state index is -0.226. The zero-order valence-electron chi connectivity index (χ0n) is 13.8. The molecule has 2 aromatic heterocycles. The van der Waals surface area contributed by atoms with Gasteiger partial charge in [-0.1, -0.05) is 29.9 Å². The maximum Gasteiger partial charge on any atom is 0.206 e. The number of halogens is 1. The van der Waals surface area contributed by atoms with Crippen molar-refractivity contribution in [2.75, 3.05) is 5.32 Å². The van der Waals surface area contributed by atoms with Crippen molar-refractivity contribution in [2.45, 2.75) is 45.2 Å². The number of nitrogens with one attached hydrogen (secondary N) is 1. The van der Waals surface area contributed by atoms with Crippen LogP contribution in [0.25, 0.3) is 0 Å². The van der Waals surface area contributed by atoms with Gasteiger partial charge in [-0.2, -0.15) is 0 Å². The number of benzene rings is 1. The van der Waals surface area contributed by atoms with Crippen molar-refractivity contribution < 1.29 is 4.39 Å². The molecule has 25 heavy (non-hydrogen) atoms. The molecular weight excluding hydrogens is 339 g/mol. The van der Waals surface area contributed by atoms with Crippen LogP contribution in [0.5, 0.6) is 0 Å². The van der Waals surface area contributed by atoms with Gasteiger partial charge in [0.25, 0.3) is 0 Å². The molecule has 1 N–H and O–H groups in total. The van der Waals surface area contributed by atoms with E-state index in [0.29, 0.717) is 13.0 Å². The molecule has 1 aliphatic rings. The summed E-state index contributed by atoms with van der Waals surface area (Å²) in [6.45, 7) is 1.59. The van der Waals surface area contributed by atoms with Gasteiger partial charge in [-0.3, -0.25) is 0 Å². The van der Waals surface area contributed by atoms with Crippen LogP contribution in [-0.2, 0) is 25.9 Å². The summed E-state index contributed by atoms with van der Waals surface area (Å²) in [6, 6.07) is 6.48. The van der Waals surface area contributed by atoms with E-state index in [4.69, 9.17) is 0 Å². The highest BCUT2D eigenvalue weighted by Crippen LogP contribution is 2.20. The SMILES string of the molecule is Fc1ccc(Cc2nnc(NCc3nnc4n3CCCCC4)s2)cc1. The molecule has 4 rings (SSSR count). The lowest BCUT2D eigenvalue weighted by atomic mass is 10.2. The number of aryl methyl sites for hydroxylation is 1. The highest BCUT2D eigenvalue weighted by atomic mass is 32.1. The smallest absolute Gasteiger partial charge is 0.206 e. The molecule has 0 atom stereocenters. The van der Waals surface area contributed by atoms with Gasteiger partial charge in [0.1, 0.15) is 16.6 Å². The molecule has 0 fully saturated rings. The van der Waals surface area contributed by atoms with Crippen LogP contribution in [0.1, 0.15) is 41.5 Å². The van der Waals surface area contributed by atoms with Gasteiger partial charge >= 0.3 is 0 Å². The predicted octanol–water partition coefficient (Wildman–Crippen LogP) is 3.20. The summed E-state index contributed by atoms with van der Waals surface area (Å²) in [5, 5.41) is 22.0. The summed E-state index contributed by atoms with van der Waals surface area (Å²) >= 11 is 1.51. The van der Waals surface area contributed by atoms with Crippen molar-refractivity contribution in [3.63, 3.8) is 0 Å². The van der Waals surface area contributed by atoms with Gasteiger partial charge in [-0.05, 0) is 30.5 Å². The summed E-state index contributed by atoms with van der Waals surface area (Å²) in [5.74, 6) is 1.81. The van der Waals surface area contributed by atoms with Crippen LogP contribution in [-0.4, -0.2) is 25.0 Å². The van der Waals surface area contributed by atoms with Crippen molar-refractivity contribution in [3.05, 3.63) is 52.3 Å². The van der Waals surface area contributed by atoms with Crippen molar-refractivity contribution in [1.82, 2.24) is 25.0 Å². The lowest BCUT2D eigenvalue weighted by Crippen LogP contribution is -2.10. The summed E-state index contributed by atoms with van der Waals surface area (Å²) in [4.78, 5) is 0. The number of nitrogens with zero attached hydrogens (tertiary/aromatic N) is 5. The number of fused-ring (bicyclic) bond motifs is 1. The first kappa shape index (κ1) is 16.1. The van der Waals surface area contributed by atoms with Gasteiger partial charge < -0.3 is 9.88 Å². The zero-order chi connectivity index (χ0) is 17.1. The maximum absolute atomic E-state index is 13.0. The van der Waals surface area contributed by atoms with E-state index in [1.807, 2.05) is 0 Å². The fraction of sp³-hybridized carbons (Fsp3) is 0.412. The van der Waals surface area contributed by atoms with Gasteiger partial charge in [0.05, 0.1) is 6.54 Å². The molecule has 0 amide bonds. The summed E-state index contributed by atoms with van der Waals surface area (Å²) in [6.07, 6.45) is 5.28. The first-order chi connectivity index (χ1) is 12.3. The third kappa shape index (κ3) is 3.84. The normalized spacial score (nSPS) is 14.1. The topological polar surface area (TPSA) is 68.5 Å². The molecule has 0 saturated carbocycles. The minimum Gasteiger partial charge on any atom is -0.353 e. The molecule has 130 valence electrons. The fourth-order valence-electron chi connectivity index (χ4n) is 3.00. The van der Waals surface area contributed by atoms with E-state index < -0.39 is 0 Å². The summed E-state index contributed by atoms with van der Waals surface area (Å²) in [7, 11) is 0. The van der Waals surface area contributed by atoms with Gasteiger partial charge in [0.2, 0.25) is 5.13 Å². The standard InChI is InChI=1S/C17H19FN6S/c18-13-7-5-12(6-8-13)10-16-22-23-17(25-16)19-11-15-21-20-14-4-2-1-3-9-24(14)15/h5-8H,1-4,9-11H2,(H,19,23). The number of aromatic nitrogens is 5. The Morgan fingerprint density at radius 2 is 1.92 bits per heavy atom. The molecule has 0 unspecified atom stereocenters. The Labute approximate surface area is 149 Å². The average molecular weight is 358 g/mol. The minimum absolute atomic E-state index is 0.226. The Hall–Kier alpha value is -2.35. The molecule has 3 heterocycles. The molecule has 6 nitrogen and oxygen atoms in total. The van der Waals surface area contributed by atoms with Crippen molar-refractivity contribution in [3.8, 4) is 0 Å². The number of rotatable bonds is 5. The van der Waals surface area contributed by atoms with Crippen molar-refractivity contribution in [2.24, 2.45) is 0 Å². The van der Waals surface area contributed by atoms with Crippen molar-refractivity contribution in [1.29, 1.82) is 0 Å². The molecule has 0 aliphatic carbocycles. The van der Waals surface area contributed by atoms with Crippen molar-refractivity contribution >= 4 is 16.5 Å². The van der Waals surface area contributed by atoms with E-state index >= 15 is 0 Å². The lowest BCUT2D eigenvalue weighted by molar-refractivity contribution is 0.610. The lowest BCUT2D eigenvalue weighted by Gasteiger charge is -2.06. The Kier molecular flexibility index (Phi) is 4.69. The second-order valence-electron chi connectivity index (χ2n) is 6.15. The van der Waals surface area contributed by atoms with E-state index in [1.165, 1.54) is 42.7 Å². The molecule has 0 radical (unpaired) electrons. The van der Waals surface area contributed by atoms with Gasteiger partial charge in [-0.15, -0.1) is 20.4 Å². The molecular formula is C17H19FN6S. The highest BCUT2D eigenvalue weighted by Gasteiger charge is 2.15. The third-order valence-corrected chi connectivity index (χ3v) is 5.20. The number of hydrogen-bond donors (Lipinski definition) is 1. The van der Waals surface area contributed by atoms with Crippen LogP contribution in [0.15, 0.2) is 24.3 Å². The van der Waals surface area contributed by atoms with E-state index in [1.54, 1.807) is 12.1 Å². The van der Waals surface area contributed by atoms with Crippen LogP contribution >= 0.6 is 11.3 Å². The molecule has 8 heteroatoms. The Balaban J connectivity index is 1.38. The van der Waals surface area contributed by atoms with E-state index in [-0.39, 0.29) is 5.82 Å². The number of anilines is 1. The van der Waals surface area contributed by atoms with Crippen LogP contribution in [0, 0.1) is 5.82 Å². The first-order valence-electron chi connectivity index (χ1n) is 8.49. The van der Waals surface area contributed by atoms with Gasteiger partial charge in [0.15, 0.2) is 5.82 Å². The third-order valence-electron chi connectivity index (χ3n) is 4.32. The van der Waals surface area contributed by atoms with Crippen LogP contribution in [0.2, 0.25) is 0 Å². The highest BCUT2D eigenvalue weighted by molar-refractivity contribution is 7.15. The van der Waals surface area contributed by atoms with Crippen LogP contribution in [0.4, 0.5) is 9.52 Å². The number of hydrogen-bond acceptors (Lipinski definition) is 6. The second-order valence-corrected chi connectivity index (χ2v) is 7.21. The quantitative estimate of drug-likeness (QED) is 0.758. The van der Waals surface area contributed by atoms with Crippen LogP contribution in [0.3, 0.4) is 0 Å². The Morgan fingerprint density at radius 3 is 2.80 bits per heavy atom. The fourth-order valence-corrected chi connectivity index (χ4v) is 3.77. The summed E-state index contributed by atoms with van der Waals surface area (Å²) < 4.78 is 15.2. The first-order valence-corrected chi connectivity index (χ1v) is 9.31. The molecule has 0 saturated heterocycles. The maximum atomic E-state index is 13.0. The molecule has 0 bridgehead atoms. The monoisotopic (exact) mass is 358 g/mol. The van der Waals surface area contributed by atoms with Gasteiger partial charge in [-0.25, -0.2) is 4.39 Å². The Bertz CT molecular complexity index is 841. The zero-order valence-corrected chi connectivity index (χ0v) is 14.6. The van der Waals surface area contributed by atoms with E-state index in [9.17, 15) is 4.39 Å². The van der Waals surface area contributed by atoms with E-state index in [0.717, 1.165) is 40.3 Å². The largest absolute Gasteiger partial charge is 0.353 e. The average Bonchev–Trinajstić information content (AvgIpc) is 3.15.